The van der Waals surface area contributed by atoms with E-state index in [0.717, 1.165) is 12.0 Å². The molecule has 0 spiro atoms. The Morgan fingerprint density at radius 3 is 2.83 bits per heavy atom. The van der Waals surface area contributed by atoms with Gasteiger partial charge >= 0.3 is 0 Å². The van der Waals surface area contributed by atoms with E-state index in [-0.39, 0.29) is 30.0 Å². The van der Waals surface area contributed by atoms with E-state index in [1.165, 1.54) is 12.1 Å². The Labute approximate surface area is 142 Å². The summed E-state index contributed by atoms with van der Waals surface area (Å²) >= 11 is 0. The molecule has 6 heteroatoms. The van der Waals surface area contributed by atoms with E-state index in [2.05, 4.69) is 5.32 Å². The molecular formula is C18H25FN2O3. The molecule has 0 radical (unpaired) electrons. The van der Waals surface area contributed by atoms with Crippen molar-refractivity contribution in [2.24, 2.45) is 5.92 Å². The highest BCUT2D eigenvalue weighted by Crippen LogP contribution is 2.18. The summed E-state index contributed by atoms with van der Waals surface area (Å²) in [4.78, 5) is 25.9. The van der Waals surface area contributed by atoms with Crippen LogP contribution in [0.4, 0.5) is 4.39 Å². The van der Waals surface area contributed by atoms with Crippen molar-refractivity contribution in [3.63, 3.8) is 0 Å². The van der Waals surface area contributed by atoms with Crippen molar-refractivity contribution < 1.29 is 18.7 Å². The summed E-state index contributed by atoms with van der Waals surface area (Å²) in [7, 11) is 0. The average molecular weight is 336 g/mol. The number of rotatable bonds is 9. The van der Waals surface area contributed by atoms with Gasteiger partial charge in [-0.05, 0) is 37.5 Å². The second-order valence-electron chi connectivity index (χ2n) is 5.96. The number of halogens is 1. The summed E-state index contributed by atoms with van der Waals surface area (Å²) in [5, 5.41) is 2.87. The molecule has 24 heavy (non-hydrogen) atoms. The van der Waals surface area contributed by atoms with Gasteiger partial charge in [-0.15, -0.1) is 0 Å². The van der Waals surface area contributed by atoms with Gasteiger partial charge in [0.05, 0.1) is 5.92 Å². The number of amides is 2. The third-order valence-electron chi connectivity index (χ3n) is 4.14. The number of ether oxygens (including phenoxy) is 1. The quantitative estimate of drug-likeness (QED) is 0.699. The van der Waals surface area contributed by atoms with E-state index in [1.807, 2.05) is 6.92 Å². The molecule has 0 aliphatic carbocycles. The lowest BCUT2D eigenvalue weighted by Crippen LogP contribution is -2.34. The minimum atomic E-state index is -0.280. The smallest absolute Gasteiger partial charge is 0.225 e. The molecule has 0 bridgehead atoms. The fourth-order valence-electron chi connectivity index (χ4n) is 2.75. The number of likely N-dealkylation sites (tertiary alicyclic amines) is 1. The second-order valence-corrected chi connectivity index (χ2v) is 5.96. The molecule has 1 fully saturated rings. The molecule has 1 aromatic carbocycles. The van der Waals surface area contributed by atoms with Gasteiger partial charge in [0.25, 0.3) is 0 Å². The Morgan fingerprint density at radius 1 is 1.38 bits per heavy atom. The lowest BCUT2D eigenvalue weighted by molar-refractivity contribution is -0.129. The predicted molar refractivity (Wildman–Crippen MR) is 88.9 cm³/mol. The minimum Gasteiger partial charge on any atom is -0.382 e. The van der Waals surface area contributed by atoms with Gasteiger partial charge in [-0.2, -0.15) is 0 Å². The number of benzene rings is 1. The standard InChI is InChI=1S/C18H25FN2O3/c1-2-24-11-3-9-20-18(23)15-12-17(22)21(13-15)10-8-14-4-6-16(19)7-5-14/h4-7,15H,2-3,8-13H2,1H3,(H,20,23)/t15-/m0/s1. The molecule has 1 heterocycles. The summed E-state index contributed by atoms with van der Waals surface area (Å²) in [5.74, 6) is -0.606. The highest BCUT2D eigenvalue weighted by Gasteiger charge is 2.33. The molecule has 1 N–H and O–H groups in total. The number of nitrogens with zero attached hydrogens (tertiary/aromatic N) is 1. The fraction of sp³-hybridized carbons (Fsp3) is 0.556. The Morgan fingerprint density at radius 2 is 2.12 bits per heavy atom. The van der Waals surface area contributed by atoms with Crippen LogP contribution in [0.1, 0.15) is 25.3 Å². The van der Waals surface area contributed by atoms with Gasteiger partial charge in [0.15, 0.2) is 0 Å². The number of carbonyl (C=O) groups is 2. The molecule has 0 unspecified atom stereocenters. The van der Waals surface area contributed by atoms with Gasteiger partial charge in [-0.1, -0.05) is 12.1 Å². The molecule has 2 rings (SSSR count). The highest BCUT2D eigenvalue weighted by atomic mass is 19.1. The van der Waals surface area contributed by atoms with Crippen molar-refractivity contribution in [1.29, 1.82) is 0 Å². The zero-order chi connectivity index (χ0) is 17.4. The Balaban J connectivity index is 1.72. The van der Waals surface area contributed by atoms with Crippen LogP contribution in [0.15, 0.2) is 24.3 Å². The summed E-state index contributed by atoms with van der Waals surface area (Å²) in [5.41, 5.74) is 0.980. The Bertz CT molecular complexity index is 548. The SMILES string of the molecule is CCOCCCNC(=O)[C@H]1CC(=O)N(CCc2ccc(F)cc2)C1. The monoisotopic (exact) mass is 336 g/mol. The third kappa shape index (κ3) is 5.60. The molecule has 1 saturated heterocycles. The lowest BCUT2D eigenvalue weighted by atomic mass is 10.1. The molecule has 2 amide bonds. The van der Waals surface area contributed by atoms with Gasteiger partial charge in [0.2, 0.25) is 11.8 Å². The largest absolute Gasteiger partial charge is 0.382 e. The molecule has 1 aliphatic rings. The van der Waals surface area contributed by atoms with Crippen molar-refractivity contribution in [3.05, 3.63) is 35.6 Å². The first-order valence-electron chi connectivity index (χ1n) is 8.47. The summed E-state index contributed by atoms with van der Waals surface area (Å²) in [6.45, 7) is 4.82. The van der Waals surface area contributed by atoms with E-state index < -0.39 is 0 Å². The molecule has 0 saturated carbocycles. The van der Waals surface area contributed by atoms with Crippen LogP contribution in [0.2, 0.25) is 0 Å². The maximum Gasteiger partial charge on any atom is 0.225 e. The molecule has 1 atom stereocenters. The molecular weight excluding hydrogens is 311 g/mol. The van der Waals surface area contributed by atoms with Gasteiger partial charge in [0.1, 0.15) is 5.82 Å². The number of nitrogens with one attached hydrogen (secondary N) is 1. The van der Waals surface area contributed by atoms with Crippen LogP contribution < -0.4 is 5.32 Å². The topological polar surface area (TPSA) is 58.6 Å². The Hall–Kier alpha value is -1.95. The maximum absolute atomic E-state index is 12.9. The number of carbonyl (C=O) groups excluding carboxylic acids is 2. The summed E-state index contributed by atoms with van der Waals surface area (Å²) in [6.07, 6.45) is 1.70. The molecule has 1 aromatic rings. The number of hydrogen-bond acceptors (Lipinski definition) is 3. The van der Waals surface area contributed by atoms with Crippen molar-refractivity contribution in [2.45, 2.75) is 26.2 Å². The zero-order valence-corrected chi connectivity index (χ0v) is 14.1. The van der Waals surface area contributed by atoms with Crippen LogP contribution in [0.3, 0.4) is 0 Å². The highest BCUT2D eigenvalue weighted by molar-refractivity contribution is 5.89. The van der Waals surface area contributed by atoms with E-state index in [0.29, 0.717) is 39.3 Å². The van der Waals surface area contributed by atoms with Gasteiger partial charge in [-0.3, -0.25) is 9.59 Å². The van der Waals surface area contributed by atoms with Crippen molar-refractivity contribution in [2.75, 3.05) is 32.8 Å². The molecule has 132 valence electrons. The first kappa shape index (κ1) is 18.4. The predicted octanol–water partition coefficient (Wildman–Crippen LogP) is 1.76. The Kier molecular flexibility index (Phi) is 7.18. The normalized spacial score (nSPS) is 17.3. The molecule has 0 aromatic heterocycles. The lowest BCUT2D eigenvalue weighted by Gasteiger charge is -2.16. The molecule has 1 aliphatic heterocycles. The van der Waals surface area contributed by atoms with E-state index >= 15 is 0 Å². The first-order valence-corrected chi connectivity index (χ1v) is 8.47. The minimum absolute atomic E-state index is 0.00609. The van der Waals surface area contributed by atoms with Crippen molar-refractivity contribution in [3.8, 4) is 0 Å². The summed E-state index contributed by atoms with van der Waals surface area (Å²) < 4.78 is 18.1. The third-order valence-corrected chi connectivity index (χ3v) is 4.14. The number of hydrogen-bond donors (Lipinski definition) is 1. The molecule has 5 nitrogen and oxygen atoms in total. The van der Waals surface area contributed by atoms with Crippen molar-refractivity contribution >= 4 is 11.8 Å². The van der Waals surface area contributed by atoms with Crippen LogP contribution in [0.25, 0.3) is 0 Å². The maximum atomic E-state index is 12.9. The average Bonchev–Trinajstić information content (AvgIpc) is 2.95. The van der Waals surface area contributed by atoms with Crippen LogP contribution in [0, 0.1) is 11.7 Å². The van der Waals surface area contributed by atoms with Gasteiger partial charge in [0, 0.05) is 39.3 Å². The van der Waals surface area contributed by atoms with Gasteiger partial charge < -0.3 is 15.0 Å². The van der Waals surface area contributed by atoms with E-state index in [9.17, 15) is 14.0 Å². The van der Waals surface area contributed by atoms with Crippen LogP contribution in [0.5, 0.6) is 0 Å². The van der Waals surface area contributed by atoms with Crippen LogP contribution >= 0.6 is 0 Å². The zero-order valence-electron chi connectivity index (χ0n) is 14.1. The van der Waals surface area contributed by atoms with Crippen LogP contribution in [-0.2, 0) is 20.7 Å². The van der Waals surface area contributed by atoms with Crippen molar-refractivity contribution in [1.82, 2.24) is 10.2 Å². The fourth-order valence-corrected chi connectivity index (χ4v) is 2.75. The summed E-state index contributed by atoms with van der Waals surface area (Å²) in [6, 6.07) is 6.27. The van der Waals surface area contributed by atoms with E-state index in [4.69, 9.17) is 4.74 Å². The second kappa shape index (κ2) is 9.37. The van der Waals surface area contributed by atoms with E-state index in [1.54, 1.807) is 17.0 Å². The van der Waals surface area contributed by atoms with Gasteiger partial charge in [-0.25, -0.2) is 4.39 Å². The van der Waals surface area contributed by atoms with Crippen LogP contribution in [-0.4, -0.2) is 49.6 Å². The first-order chi connectivity index (χ1) is 11.6.